The first-order valence-electron chi connectivity index (χ1n) is 12.6. The van der Waals surface area contributed by atoms with Crippen molar-refractivity contribution in [2.75, 3.05) is 38.6 Å². The minimum Gasteiger partial charge on any atom is -0.497 e. The molecule has 2 saturated heterocycles. The summed E-state index contributed by atoms with van der Waals surface area (Å²) in [5, 5.41) is 3.05. The molecule has 6 nitrogen and oxygen atoms in total. The molecule has 4 rings (SSSR count). The van der Waals surface area contributed by atoms with Gasteiger partial charge in [0.05, 0.1) is 7.11 Å². The number of carbonyl (C=O) groups is 2. The lowest BCUT2D eigenvalue weighted by atomic mass is 9.92. The number of nitrogens with zero attached hydrogens (tertiary/aromatic N) is 2. The van der Waals surface area contributed by atoms with E-state index in [9.17, 15) is 9.59 Å². The number of anilines is 1. The number of hydrogen-bond acceptors (Lipinski definition) is 4. The van der Waals surface area contributed by atoms with Gasteiger partial charge in [0.15, 0.2) is 0 Å². The minimum atomic E-state index is 0.0746. The van der Waals surface area contributed by atoms with E-state index in [2.05, 4.69) is 15.1 Å². The SMILES string of the molecule is COc1ccc(NC(=O)C2CCN(C3CCN(C(=O)CCC4CCCC4)CC3)CC2)cc1. The molecule has 3 aliphatic rings. The Balaban J connectivity index is 1.15. The highest BCUT2D eigenvalue weighted by Crippen LogP contribution is 2.29. The predicted octanol–water partition coefficient (Wildman–Crippen LogP) is 4.31. The minimum absolute atomic E-state index is 0.0746. The lowest BCUT2D eigenvalue weighted by molar-refractivity contribution is -0.133. The first-order chi connectivity index (χ1) is 15.6. The van der Waals surface area contributed by atoms with Gasteiger partial charge in [0.1, 0.15) is 5.75 Å². The third kappa shape index (κ3) is 6.03. The summed E-state index contributed by atoms with van der Waals surface area (Å²) in [4.78, 5) is 29.9. The van der Waals surface area contributed by atoms with Crippen molar-refractivity contribution < 1.29 is 14.3 Å². The summed E-state index contributed by atoms with van der Waals surface area (Å²) in [6.07, 6.45) is 11.1. The van der Waals surface area contributed by atoms with Crippen LogP contribution in [0.15, 0.2) is 24.3 Å². The molecule has 176 valence electrons. The smallest absolute Gasteiger partial charge is 0.227 e. The van der Waals surface area contributed by atoms with Gasteiger partial charge in [0.2, 0.25) is 11.8 Å². The third-order valence-electron chi connectivity index (χ3n) is 7.83. The first kappa shape index (κ1) is 23.1. The van der Waals surface area contributed by atoms with E-state index in [1.807, 2.05) is 24.3 Å². The number of methoxy groups -OCH3 is 1. The van der Waals surface area contributed by atoms with Crippen molar-refractivity contribution in [1.29, 1.82) is 0 Å². The molecule has 0 spiro atoms. The maximum atomic E-state index is 12.7. The van der Waals surface area contributed by atoms with Crippen molar-refractivity contribution in [3.8, 4) is 5.75 Å². The molecular weight excluding hydrogens is 402 g/mol. The van der Waals surface area contributed by atoms with Gasteiger partial charge in [0, 0.05) is 37.2 Å². The molecule has 2 amide bonds. The van der Waals surface area contributed by atoms with Gasteiger partial charge in [-0.2, -0.15) is 0 Å². The van der Waals surface area contributed by atoms with E-state index in [0.29, 0.717) is 11.9 Å². The highest BCUT2D eigenvalue weighted by atomic mass is 16.5. The van der Waals surface area contributed by atoms with Gasteiger partial charge in [-0.05, 0) is 75.4 Å². The van der Waals surface area contributed by atoms with Crippen LogP contribution in [0.3, 0.4) is 0 Å². The Hall–Kier alpha value is -2.08. The molecule has 0 radical (unpaired) electrons. The van der Waals surface area contributed by atoms with Gasteiger partial charge in [-0.3, -0.25) is 9.59 Å². The van der Waals surface area contributed by atoms with Crippen molar-refractivity contribution in [3.05, 3.63) is 24.3 Å². The van der Waals surface area contributed by atoms with Crippen LogP contribution in [0.2, 0.25) is 0 Å². The summed E-state index contributed by atoms with van der Waals surface area (Å²) >= 11 is 0. The topological polar surface area (TPSA) is 61.9 Å². The maximum Gasteiger partial charge on any atom is 0.227 e. The predicted molar refractivity (Wildman–Crippen MR) is 127 cm³/mol. The molecule has 1 aromatic carbocycles. The van der Waals surface area contributed by atoms with Gasteiger partial charge >= 0.3 is 0 Å². The van der Waals surface area contributed by atoms with Gasteiger partial charge in [-0.15, -0.1) is 0 Å². The fourth-order valence-corrected chi connectivity index (χ4v) is 5.71. The number of benzene rings is 1. The molecule has 0 atom stereocenters. The Bertz CT molecular complexity index is 744. The van der Waals surface area contributed by atoms with Crippen LogP contribution in [-0.2, 0) is 9.59 Å². The standard InChI is InChI=1S/C26H39N3O3/c1-32-24-9-7-22(8-10-24)27-26(31)21-12-16-28(17-13-21)23-14-18-29(19-15-23)25(30)11-6-20-4-2-3-5-20/h7-10,20-21,23H,2-6,11-19H2,1H3,(H,27,31). The molecule has 3 fully saturated rings. The van der Waals surface area contributed by atoms with Crippen LogP contribution in [0.25, 0.3) is 0 Å². The molecule has 0 bridgehead atoms. The first-order valence-corrected chi connectivity index (χ1v) is 12.6. The van der Waals surface area contributed by atoms with Gasteiger partial charge in [-0.25, -0.2) is 0 Å². The van der Waals surface area contributed by atoms with Crippen LogP contribution in [-0.4, -0.2) is 60.9 Å². The summed E-state index contributed by atoms with van der Waals surface area (Å²) in [6, 6.07) is 8.05. The molecule has 1 aliphatic carbocycles. The molecule has 6 heteroatoms. The van der Waals surface area contributed by atoms with Crippen molar-refractivity contribution >= 4 is 17.5 Å². The van der Waals surface area contributed by atoms with Crippen molar-refractivity contribution in [3.63, 3.8) is 0 Å². The largest absolute Gasteiger partial charge is 0.497 e. The zero-order chi connectivity index (χ0) is 22.3. The molecule has 2 aliphatic heterocycles. The van der Waals surface area contributed by atoms with Crippen molar-refractivity contribution in [2.24, 2.45) is 11.8 Å². The van der Waals surface area contributed by atoms with Crippen LogP contribution < -0.4 is 10.1 Å². The second-order valence-electron chi connectivity index (χ2n) is 9.83. The Morgan fingerprint density at radius 3 is 2.22 bits per heavy atom. The van der Waals surface area contributed by atoms with E-state index in [4.69, 9.17) is 4.74 Å². The molecule has 1 aromatic rings. The molecule has 1 saturated carbocycles. The van der Waals surface area contributed by atoms with E-state index >= 15 is 0 Å². The Morgan fingerprint density at radius 2 is 1.59 bits per heavy atom. The Morgan fingerprint density at radius 1 is 0.938 bits per heavy atom. The van der Waals surface area contributed by atoms with Gasteiger partial charge in [-0.1, -0.05) is 25.7 Å². The van der Waals surface area contributed by atoms with Crippen LogP contribution in [0.5, 0.6) is 5.75 Å². The monoisotopic (exact) mass is 441 g/mol. The molecule has 32 heavy (non-hydrogen) atoms. The van der Waals surface area contributed by atoms with E-state index < -0.39 is 0 Å². The van der Waals surface area contributed by atoms with Gasteiger partial charge < -0.3 is 19.9 Å². The number of carbonyl (C=O) groups excluding carboxylic acids is 2. The number of hydrogen-bond donors (Lipinski definition) is 1. The summed E-state index contributed by atoms with van der Waals surface area (Å²) < 4.78 is 5.17. The second-order valence-corrected chi connectivity index (χ2v) is 9.83. The summed E-state index contributed by atoms with van der Waals surface area (Å²) in [5.41, 5.74) is 0.822. The number of ether oxygens (including phenoxy) is 1. The summed E-state index contributed by atoms with van der Waals surface area (Å²) in [6.45, 7) is 3.74. The molecule has 1 N–H and O–H groups in total. The van der Waals surface area contributed by atoms with Gasteiger partial charge in [0.25, 0.3) is 0 Å². The zero-order valence-corrected chi connectivity index (χ0v) is 19.6. The molecule has 2 heterocycles. The lowest BCUT2D eigenvalue weighted by Gasteiger charge is -2.41. The fourth-order valence-electron chi connectivity index (χ4n) is 5.71. The van der Waals surface area contributed by atoms with Crippen molar-refractivity contribution in [2.45, 2.75) is 70.3 Å². The van der Waals surface area contributed by atoms with Crippen molar-refractivity contribution in [1.82, 2.24) is 9.80 Å². The van der Waals surface area contributed by atoms with E-state index in [0.717, 1.165) is 82.1 Å². The summed E-state index contributed by atoms with van der Waals surface area (Å²) in [5.74, 6) is 2.14. The van der Waals surface area contributed by atoms with Crippen LogP contribution >= 0.6 is 0 Å². The van der Waals surface area contributed by atoms with E-state index in [-0.39, 0.29) is 11.8 Å². The lowest BCUT2D eigenvalue weighted by Crippen LogP contribution is -2.49. The average Bonchev–Trinajstić information content (AvgIpc) is 3.37. The highest BCUT2D eigenvalue weighted by Gasteiger charge is 2.31. The highest BCUT2D eigenvalue weighted by molar-refractivity contribution is 5.92. The zero-order valence-electron chi connectivity index (χ0n) is 19.6. The summed E-state index contributed by atoms with van der Waals surface area (Å²) in [7, 11) is 1.64. The quantitative estimate of drug-likeness (QED) is 0.685. The number of piperidine rings is 2. The van der Waals surface area contributed by atoms with E-state index in [1.165, 1.54) is 25.7 Å². The number of likely N-dealkylation sites (tertiary alicyclic amines) is 2. The fraction of sp³-hybridized carbons (Fsp3) is 0.692. The molecule has 0 aromatic heterocycles. The second kappa shape index (κ2) is 11.2. The Kier molecular flexibility index (Phi) is 8.06. The number of rotatable bonds is 7. The van der Waals surface area contributed by atoms with Crippen LogP contribution in [0.1, 0.15) is 64.2 Å². The molecular formula is C26H39N3O3. The average molecular weight is 442 g/mol. The number of nitrogens with one attached hydrogen (secondary N) is 1. The maximum absolute atomic E-state index is 12.7. The third-order valence-corrected chi connectivity index (χ3v) is 7.83. The van der Waals surface area contributed by atoms with Crippen LogP contribution in [0, 0.1) is 11.8 Å². The van der Waals surface area contributed by atoms with Crippen LogP contribution in [0.4, 0.5) is 5.69 Å². The molecule has 0 unspecified atom stereocenters. The normalized spacial score (nSPS) is 21.6. The van der Waals surface area contributed by atoms with E-state index in [1.54, 1.807) is 7.11 Å². The number of amides is 2. The Labute approximate surface area is 192 Å².